The molecule has 23 heavy (non-hydrogen) atoms. The fourth-order valence-corrected chi connectivity index (χ4v) is 4.43. The quantitative estimate of drug-likeness (QED) is 0.591. The van der Waals surface area contributed by atoms with Gasteiger partial charge in [-0.1, -0.05) is 18.7 Å². The topological polar surface area (TPSA) is 90.0 Å². The minimum atomic E-state index is -3.69. The van der Waals surface area contributed by atoms with Crippen LogP contribution in [0.15, 0.2) is 35.7 Å². The Morgan fingerprint density at radius 2 is 2.00 bits per heavy atom. The number of amides is 1. The molecule has 2 saturated heterocycles. The molecule has 1 aromatic carbocycles. The number of sulfone groups is 1. The van der Waals surface area contributed by atoms with Crippen LogP contribution in [-0.2, 0) is 30.8 Å². The Hall–Kier alpha value is -2.35. The third-order valence-corrected chi connectivity index (χ3v) is 6.08. The van der Waals surface area contributed by atoms with Gasteiger partial charge in [-0.2, -0.15) is 0 Å². The number of β-lactam (4-membered cyclic amide) rings is 1. The molecule has 0 N–H and O–H groups in total. The van der Waals surface area contributed by atoms with Gasteiger partial charge in [-0.25, -0.2) is 13.2 Å². The lowest BCUT2D eigenvalue weighted by molar-refractivity contribution is -0.159. The van der Waals surface area contributed by atoms with Gasteiger partial charge in [-0.05, 0) is 17.7 Å². The lowest BCUT2D eigenvalue weighted by atomic mass is 10.1. The molecule has 7 nitrogen and oxygen atoms in total. The Kier molecular flexibility index (Phi) is 3.63. The van der Waals surface area contributed by atoms with Crippen molar-refractivity contribution in [2.24, 2.45) is 0 Å². The molecule has 2 heterocycles. The number of carbonyl (C=O) groups is 2. The molecule has 2 atom stereocenters. The Labute approximate surface area is 133 Å². The van der Waals surface area contributed by atoms with Gasteiger partial charge in [0.05, 0.1) is 18.4 Å². The molecule has 122 valence electrons. The normalized spacial score (nSPS) is 24.8. The number of fused-ring (bicyclic) bond motifs is 1. The number of ether oxygens (including phenoxy) is 2. The Morgan fingerprint density at radius 1 is 1.35 bits per heavy atom. The summed E-state index contributed by atoms with van der Waals surface area (Å²) in [4.78, 5) is 24.6. The first-order valence-corrected chi connectivity index (χ1v) is 8.44. The molecule has 1 amide bonds. The van der Waals surface area contributed by atoms with Gasteiger partial charge in [0, 0.05) is 0 Å². The Bertz CT molecular complexity index is 783. The van der Waals surface area contributed by atoms with E-state index in [0.29, 0.717) is 5.75 Å². The molecule has 1 aromatic rings. The zero-order valence-electron chi connectivity index (χ0n) is 12.4. The molecule has 0 spiro atoms. The van der Waals surface area contributed by atoms with E-state index in [1.54, 1.807) is 31.4 Å². The van der Waals surface area contributed by atoms with E-state index in [4.69, 9.17) is 9.47 Å². The number of hydrogen-bond acceptors (Lipinski definition) is 6. The molecule has 2 aliphatic heterocycles. The van der Waals surface area contributed by atoms with Crippen LogP contribution in [0.1, 0.15) is 12.0 Å². The van der Waals surface area contributed by atoms with Gasteiger partial charge in [0.25, 0.3) is 0 Å². The van der Waals surface area contributed by atoms with Crippen LogP contribution in [-0.4, -0.2) is 43.7 Å². The van der Waals surface area contributed by atoms with E-state index in [1.807, 2.05) is 0 Å². The van der Waals surface area contributed by atoms with Crippen LogP contribution < -0.4 is 4.74 Å². The number of rotatable bonds is 4. The zero-order chi connectivity index (χ0) is 16.8. The second-order valence-electron chi connectivity index (χ2n) is 5.33. The third-order valence-electron chi connectivity index (χ3n) is 4.02. The van der Waals surface area contributed by atoms with Crippen molar-refractivity contribution >= 4 is 21.7 Å². The van der Waals surface area contributed by atoms with Gasteiger partial charge in [-0.15, -0.1) is 0 Å². The number of hydrogen-bond donors (Lipinski definition) is 0. The standard InChI is InChI=1S/C15H15NO6S/c1-9-14(16-12(17)7-13(16)23(9,19)20)15(18)22-8-10-3-5-11(21-2)6-4-10/h3-6,13-14H,1,7-8H2,2H3/t13-,14-/m1/s1. The maximum atomic E-state index is 12.2. The van der Waals surface area contributed by atoms with Gasteiger partial charge in [0.15, 0.2) is 15.9 Å². The minimum absolute atomic E-state index is 0.0284. The lowest BCUT2D eigenvalue weighted by Gasteiger charge is -2.34. The zero-order valence-corrected chi connectivity index (χ0v) is 13.2. The molecule has 3 rings (SSSR count). The predicted octanol–water partition coefficient (Wildman–Crippen LogP) is 0.608. The van der Waals surface area contributed by atoms with Gasteiger partial charge in [0.1, 0.15) is 17.7 Å². The van der Waals surface area contributed by atoms with Crippen molar-refractivity contribution in [3.63, 3.8) is 0 Å². The maximum absolute atomic E-state index is 12.2. The van der Waals surface area contributed by atoms with Crippen molar-refractivity contribution < 1.29 is 27.5 Å². The third kappa shape index (κ3) is 2.39. The number of methoxy groups -OCH3 is 1. The van der Waals surface area contributed by atoms with Gasteiger partial charge in [0.2, 0.25) is 5.91 Å². The van der Waals surface area contributed by atoms with E-state index in [1.165, 1.54) is 0 Å². The Morgan fingerprint density at radius 3 is 2.57 bits per heavy atom. The molecule has 0 saturated carbocycles. The lowest BCUT2D eigenvalue weighted by Crippen LogP contribution is -2.55. The van der Waals surface area contributed by atoms with Crippen molar-refractivity contribution in [1.29, 1.82) is 0 Å². The van der Waals surface area contributed by atoms with Crippen LogP contribution in [0, 0.1) is 0 Å². The van der Waals surface area contributed by atoms with Crippen LogP contribution in [0.3, 0.4) is 0 Å². The van der Waals surface area contributed by atoms with E-state index >= 15 is 0 Å². The summed E-state index contributed by atoms with van der Waals surface area (Å²) < 4.78 is 34.3. The van der Waals surface area contributed by atoms with E-state index in [2.05, 4.69) is 6.58 Å². The highest BCUT2D eigenvalue weighted by Crippen LogP contribution is 2.41. The molecule has 0 bridgehead atoms. The number of nitrogens with zero attached hydrogens (tertiary/aromatic N) is 1. The minimum Gasteiger partial charge on any atom is -0.497 e. The van der Waals surface area contributed by atoms with Crippen LogP contribution in [0.4, 0.5) is 0 Å². The molecular formula is C15H15NO6S. The highest BCUT2D eigenvalue weighted by molar-refractivity contribution is 7.96. The van der Waals surface area contributed by atoms with Crippen molar-refractivity contribution in [3.05, 3.63) is 41.3 Å². The summed E-state index contributed by atoms with van der Waals surface area (Å²) in [5.41, 5.74) is 0.720. The van der Waals surface area contributed by atoms with Crippen LogP contribution >= 0.6 is 0 Å². The number of esters is 1. The fraction of sp³-hybridized carbons (Fsp3) is 0.333. The molecule has 0 radical (unpaired) electrons. The average molecular weight is 337 g/mol. The molecule has 0 aromatic heterocycles. The second kappa shape index (κ2) is 5.38. The predicted molar refractivity (Wildman–Crippen MR) is 79.9 cm³/mol. The van der Waals surface area contributed by atoms with Crippen LogP contribution in [0.25, 0.3) is 0 Å². The fourth-order valence-electron chi connectivity index (χ4n) is 2.66. The van der Waals surface area contributed by atoms with Crippen LogP contribution in [0.2, 0.25) is 0 Å². The first kappa shape index (κ1) is 15.5. The summed E-state index contributed by atoms with van der Waals surface area (Å²) in [7, 11) is -2.15. The first-order chi connectivity index (χ1) is 10.9. The summed E-state index contributed by atoms with van der Waals surface area (Å²) in [6.45, 7) is 3.43. The smallest absolute Gasteiger partial charge is 0.334 e. The first-order valence-electron chi connectivity index (χ1n) is 6.89. The summed E-state index contributed by atoms with van der Waals surface area (Å²) in [5.74, 6) is -0.502. The van der Waals surface area contributed by atoms with Crippen molar-refractivity contribution in [2.75, 3.05) is 7.11 Å². The molecule has 0 aliphatic carbocycles. The van der Waals surface area contributed by atoms with Gasteiger partial charge < -0.3 is 14.4 Å². The van der Waals surface area contributed by atoms with E-state index in [9.17, 15) is 18.0 Å². The van der Waals surface area contributed by atoms with Gasteiger partial charge in [-0.3, -0.25) is 4.79 Å². The van der Waals surface area contributed by atoms with Crippen LogP contribution in [0.5, 0.6) is 5.75 Å². The second-order valence-corrected chi connectivity index (χ2v) is 7.49. The summed E-state index contributed by atoms with van der Waals surface area (Å²) in [6, 6.07) is 5.65. The molecule has 8 heteroatoms. The van der Waals surface area contributed by atoms with E-state index < -0.39 is 27.2 Å². The highest BCUT2D eigenvalue weighted by atomic mass is 32.2. The largest absolute Gasteiger partial charge is 0.497 e. The highest BCUT2D eigenvalue weighted by Gasteiger charge is 2.60. The van der Waals surface area contributed by atoms with Crippen molar-refractivity contribution in [2.45, 2.75) is 24.4 Å². The summed E-state index contributed by atoms with van der Waals surface area (Å²) >= 11 is 0. The summed E-state index contributed by atoms with van der Waals surface area (Å²) in [5, 5.41) is -0.971. The maximum Gasteiger partial charge on any atom is 0.334 e. The Balaban J connectivity index is 1.70. The molecule has 2 aliphatic rings. The van der Waals surface area contributed by atoms with Gasteiger partial charge >= 0.3 is 5.97 Å². The number of benzene rings is 1. The van der Waals surface area contributed by atoms with E-state index in [-0.39, 0.29) is 23.8 Å². The molecule has 2 fully saturated rings. The monoisotopic (exact) mass is 337 g/mol. The molecular weight excluding hydrogens is 322 g/mol. The summed E-state index contributed by atoms with van der Waals surface area (Å²) in [6.07, 6.45) is -0.108. The average Bonchev–Trinajstić information content (AvgIpc) is 2.70. The van der Waals surface area contributed by atoms with Crippen molar-refractivity contribution in [3.8, 4) is 5.75 Å². The SMILES string of the molecule is C=C1[C@H](C(=O)OCc2ccc(OC)cc2)N2C(=O)C[C@H]2S1(=O)=O. The van der Waals surface area contributed by atoms with E-state index in [0.717, 1.165) is 10.5 Å². The van der Waals surface area contributed by atoms with Crippen molar-refractivity contribution in [1.82, 2.24) is 4.90 Å². The number of carbonyl (C=O) groups excluding carboxylic acids is 2. The molecule has 0 unspecified atom stereocenters.